The van der Waals surface area contributed by atoms with E-state index >= 15 is 0 Å². The molecule has 98 valence electrons. The fourth-order valence-electron chi connectivity index (χ4n) is 1.42. The number of halogens is 4. The molecule has 0 spiro atoms. The van der Waals surface area contributed by atoms with Crippen molar-refractivity contribution in [3.63, 3.8) is 0 Å². The predicted molar refractivity (Wildman–Crippen MR) is 73.5 cm³/mol. The number of benzene rings is 2. The molecule has 2 aromatic carbocycles. The van der Waals surface area contributed by atoms with E-state index in [1.54, 1.807) is 6.07 Å². The van der Waals surface area contributed by atoms with Crippen molar-refractivity contribution in [2.45, 2.75) is 0 Å². The van der Waals surface area contributed by atoms with Gasteiger partial charge < -0.3 is 5.32 Å². The standard InChI is InChI=1S/C13H7BrClF2NO/c14-8-2-4-12(11(17)6-8)18-13(19)7-1-3-10(16)9(15)5-7/h1-6H,(H,18,19). The number of carbonyl (C=O) groups is 1. The molecule has 0 bridgehead atoms. The van der Waals surface area contributed by atoms with Crippen molar-refractivity contribution in [2.24, 2.45) is 0 Å². The van der Waals surface area contributed by atoms with E-state index < -0.39 is 17.5 Å². The number of rotatable bonds is 2. The first-order valence-electron chi connectivity index (χ1n) is 5.19. The number of nitrogens with one attached hydrogen (secondary N) is 1. The summed E-state index contributed by atoms with van der Waals surface area (Å²) in [5, 5.41) is 2.22. The van der Waals surface area contributed by atoms with Crippen molar-refractivity contribution in [3.8, 4) is 0 Å². The molecule has 0 radical (unpaired) electrons. The Labute approximate surface area is 121 Å². The van der Waals surface area contributed by atoms with Crippen LogP contribution in [-0.2, 0) is 0 Å². The van der Waals surface area contributed by atoms with E-state index in [9.17, 15) is 13.6 Å². The number of anilines is 1. The van der Waals surface area contributed by atoms with Crippen LogP contribution in [0.4, 0.5) is 14.5 Å². The second-order valence-corrected chi connectivity index (χ2v) is 5.03. The van der Waals surface area contributed by atoms with E-state index in [2.05, 4.69) is 21.2 Å². The van der Waals surface area contributed by atoms with Crippen molar-refractivity contribution < 1.29 is 13.6 Å². The molecule has 0 unspecified atom stereocenters. The van der Waals surface area contributed by atoms with Crippen molar-refractivity contribution in [1.82, 2.24) is 0 Å². The first-order chi connectivity index (χ1) is 8.97. The third-order valence-corrected chi connectivity index (χ3v) is 3.14. The zero-order valence-corrected chi connectivity index (χ0v) is 11.7. The van der Waals surface area contributed by atoms with Gasteiger partial charge in [-0.15, -0.1) is 0 Å². The molecule has 0 fully saturated rings. The fraction of sp³-hybridized carbons (Fsp3) is 0. The minimum atomic E-state index is -0.618. The average Bonchev–Trinajstić information content (AvgIpc) is 2.36. The van der Waals surface area contributed by atoms with Gasteiger partial charge in [-0.2, -0.15) is 0 Å². The third kappa shape index (κ3) is 3.30. The summed E-state index contributed by atoms with van der Waals surface area (Å²) < 4.78 is 27.1. The van der Waals surface area contributed by atoms with Gasteiger partial charge in [0, 0.05) is 10.0 Å². The highest BCUT2D eigenvalue weighted by Crippen LogP contribution is 2.21. The number of carbonyl (C=O) groups excluding carboxylic acids is 1. The largest absolute Gasteiger partial charge is 0.319 e. The summed E-state index contributed by atoms with van der Waals surface area (Å²) >= 11 is 8.69. The van der Waals surface area contributed by atoms with Crippen LogP contribution in [0, 0.1) is 11.6 Å². The van der Waals surface area contributed by atoms with Crippen LogP contribution in [0.5, 0.6) is 0 Å². The van der Waals surface area contributed by atoms with Crippen molar-refractivity contribution in [1.29, 1.82) is 0 Å². The normalized spacial score (nSPS) is 10.3. The molecule has 0 aromatic heterocycles. The van der Waals surface area contributed by atoms with Gasteiger partial charge in [-0.25, -0.2) is 8.78 Å². The first-order valence-corrected chi connectivity index (χ1v) is 6.36. The van der Waals surface area contributed by atoms with Crippen LogP contribution in [0.15, 0.2) is 40.9 Å². The van der Waals surface area contributed by atoms with E-state index in [1.165, 1.54) is 24.3 Å². The average molecular weight is 347 g/mol. The summed E-state index contributed by atoms with van der Waals surface area (Å²) in [4.78, 5) is 11.8. The van der Waals surface area contributed by atoms with E-state index in [0.29, 0.717) is 4.47 Å². The lowest BCUT2D eigenvalue weighted by Gasteiger charge is -2.07. The van der Waals surface area contributed by atoms with E-state index in [1.807, 2.05) is 0 Å². The summed E-state index contributed by atoms with van der Waals surface area (Å²) in [5.41, 5.74) is 0.183. The van der Waals surface area contributed by atoms with Gasteiger partial charge in [0.25, 0.3) is 5.91 Å². The molecule has 0 saturated heterocycles. The molecule has 0 saturated carbocycles. The lowest BCUT2D eigenvalue weighted by Crippen LogP contribution is -2.13. The Hall–Kier alpha value is -1.46. The molecule has 0 aliphatic rings. The minimum Gasteiger partial charge on any atom is -0.319 e. The summed E-state index contributed by atoms with van der Waals surface area (Å²) in [6, 6.07) is 7.78. The molecular formula is C13H7BrClF2NO. The van der Waals surface area contributed by atoms with Crippen LogP contribution < -0.4 is 5.32 Å². The highest BCUT2D eigenvalue weighted by atomic mass is 79.9. The Bertz CT molecular complexity index is 649. The molecule has 2 nitrogen and oxygen atoms in total. The van der Waals surface area contributed by atoms with E-state index in [0.717, 1.165) is 6.07 Å². The number of hydrogen-bond acceptors (Lipinski definition) is 1. The maximum Gasteiger partial charge on any atom is 0.255 e. The maximum absolute atomic E-state index is 13.5. The smallest absolute Gasteiger partial charge is 0.255 e. The van der Waals surface area contributed by atoms with Crippen LogP contribution in [0.25, 0.3) is 0 Å². The zero-order valence-electron chi connectivity index (χ0n) is 9.38. The SMILES string of the molecule is O=C(Nc1ccc(Br)cc1F)c1ccc(F)c(Cl)c1. The van der Waals surface area contributed by atoms with Crippen molar-refractivity contribution in [2.75, 3.05) is 5.32 Å². The minimum absolute atomic E-state index is 0.0358. The Balaban J connectivity index is 2.23. The first kappa shape index (κ1) is 14.0. The predicted octanol–water partition coefficient (Wildman–Crippen LogP) is 4.63. The molecule has 1 N–H and O–H groups in total. The molecule has 0 aliphatic heterocycles. The second-order valence-electron chi connectivity index (χ2n) is 3.71. The zero-order chi connectivity index (χ0) is 14.0. The Morgan fingerprint density at radius 1 is 1.11 bits per heavy atom. The molecular weight excluding hydrogens is 340 g/mol. The van der Waals surface area contributed by atoms with E-state index in [-0.39, 0.29) is 16.3 Å². The van der Waals surface area contributed by atoms with E-state index in [4.69, 9.17) is 11.6 Å². The maximum atomic E-state index is 13.5. The number of amides is 1. The van der Waals surface area contributed by atoms with Crippen LogP contribution in [0.1, 0.15) is 10.4 Å². The van der Waals surface area contributed by atoms with Crippen LogP contribution in [0.2, 0.25) is 5.02 Å². The molecule has 2 aromatic rings. The van der Waals surface area contributed by atoms with Gasteiger partial charge in [0.05, 0.1) is 10.7 Å². The van der Waals surface area contributed by atoms with Gasteiger partial charge >= 0.3 is 0 Å². The molecule has 2 rings (SSSR count). The number of hydrogen-bond donors (Lipinski definition) is 1. The molecule has 19 heavy (non-hydrogen) atoms. The summed E-state index contributed by atoms with van der Waals surface area (Å²) in [7, 11) is 0. The molecule has 0 atom stereocenters. The van der Waals surface area contributed by atoms with Crippen LogP contribution >= 0.6 is 27.5 Å². The molecule has 1 amide bonds. The van der Waals surface area contributed by atoms with Gasteiger partial charge in [0.1, 0.15) is 11.6 Å². The summed E-state index contributed by atoms with van der Waals surface area (Å²) in [6.45, 7) is 0. The molecule has 6 heteroatoms. The third-order valence-electron chi connectivity index (χ3n) is 2.36. The summed E-state index contributed by atoms with van der Waals surface area (Å²) in [6.07, 6.45) is 0. The quantitative estimate of drug-likeness (QED) is 0.844. The lowest BCUT2D eigenvalue weighted by molar-refractivity contribution is 0.102. The highest BCUT2D eigenvalue weighted by molar-refractivity contribution is 9.10. The Kier molecular flexibility index (Phi) is 4.17. The second kappa shape index (κ2) is 5.67. The molecule has 0 heterocycles. The topological polar surface area (TPSA) is 29.1 Å². The molecule has 0 aliphatic carbocycles. The lowest BCUT2D eigenvalue weighted by atomic mass is 10.2. The van der Waals surface area contributed by atoms with Gasteiger partial charge in [0.2, 0.25) is 0 Å². The van der Waals surface area contributed by atoms with Crippen LogP contribution in [-0.4, -0.2) is 5.91 Å². The monoisotopic (exact) mass is 345 g/mol. The fourth-order valence-corrected chi connectivity index (χ4v) is 1.94. The summed E-state index contributed by atoms with van der Waals surface area (Å²) in [5.74, 6) is -1.76. The Morgan fingerprint density at radius 2 is 1.84 bits per heavy atom. The van der Waals surface area contributed by atoms with Crippen molar-refractivity contribution in [3.05, 3.63) is 63.1 Å². The Morgan fingerprint density at radius 3 is 2.47 bits per heavy atom. The van der Waals surface area contributed by atoms with Crippen LogP contribution in [0.3, 0.4) is 0 Å². The van der Waals surface area contributed by atoms with Gasteiger partial charge in [-0.05, 0) is 36.4 Å². The highest BCUT2D eigenvalue weighted by Gasteiger charge is 2.11. The van der Waals surface area contributed by atoms with Crippen molar-refractivity contribution >= 4 is 39.1 Å². The van der Waals surface area contributed by atoms with Gasteiger partial charge in [-0.3, -0.25) is 4.79 Å². The van der Waals surface area contributed by atoms with Gasteiger partial charge in [-0.1, -0.05) is 27.5 Å². The van der Waals surface area contributed by atoms with Gasteiger partial charge in [0.15, 0.2) is 0 Å².